The van der Waals surface area contributed by atoms with Gasteiger partial charge >= 0.3 is 6.18 Å². The summed E-state index contributed by atoms with van der Waals surface area (Å²) in [6, 6.07) is -1.20. The third-order valence-corrected chi connectivity index (χ3v) is 2.72. The van der Waals surface area contributed by atoms with E-state index in [1.165, 1.54) is 3.11 Å². The Morgan fingerprint density at radius 3 is 2.20 bits per heavy atom. The minimum atomic E-state index is -4.03. The van der Waals surface area contributed by atoms with Gasteiger partial charge in [-0.3, -0.25) is 0 Å². The summed E-state index contributed by atoms with van der Waals surface area (Å²) in [5.41, 5.74) is 0. The molecule has 0 aromatic carbocycles. The van der Waals surface area contributed by atoms with Gasteiger partial charge in [0.25, 0.3) is 0 Å². The van der Waals surface area contributed by atoms with Gasteiger partial charge in [-0.2, -0.15) is 13.2 Å². The fraction of sp³-hybridized carbons (Fsp3) is 1.00. The van der Waals surface area contributed by atoms with E-state index in [2.05, 4.69) is 0 Å². The zero-order chi connectivity index (χ0) is 7.78. The molecule has 1 aliphatic rings. The van der Waals surface area contributed by atoms with Crippen LogP contribution in [0.2, 0.25) is 0 Å². The van der Waals surface area contributed by atoms with Crippen molar-refractivity contribution >= 4 is 22.9 Å². The molecule has 1 heterocycles. The van der Waals surface area contributed by atoms with E-state index < -0.39 is 12.2 Å². The SMILES string of the molecule is FC(F)(F)[C@H]1CCCN1I. The Balaban J connectivity index is 2.55. The predicted molar refractivity (Wildman–Crippen MR) is 39.8 cm³/mol. The van der Waals surface area contributed by atoms with Gasteiger partial charge in [-0.1, -0.05) is 0 Å². The van der Waals surface area contributed by atoms with Gasteiger partial charge in [-0.05, 0) is 12.8 Å². The van der Waals surface area contributed by atoms with Gasteiger partial charge < -0.3 is 0 Å². The van der Waals surface area contributed by atoms with E-state index in [-0.39, 0.29) is 6.42 Å². The van der Waals surface area contributed by atoms with Crippen LogP contribution in [0, 0.1) is 0 Å². The molecular formula is C5H7F3IN. The topological polar surface area (TPSA) is 3.24 Å². The van der Waals surface area contributed by atoms with Gasteiger partial charge in [0.15, 0.2) is 0 Å². The van der Waals surface area contributed by atoms with Crippen molar-refractivity contribution < 1.29 is 13.2 Å². The van der Waals surface area contributed by atoms with Crippen LogP contribution in [-0.4, -0.2) is 21.9 Å². The average molecular weight is 265 g/mol. The van der Waals surface area contributed by atoms with Crippen molar-refractivity contribution in [2.75, 3.05) is 6.54 Å². The second-order valence-corrected chi connectivity index (χ2v) is 3.56. The fourth-order valence-corrected chi connectivity index (χ4v) is 1.99. The first-order valence-corrected chi connectivity index (χ1v) is 3.97. The van der Waals surface area contributed by atoms with E-state index in [1.54, 1.807) is 22.9 Å². The Labute approximate surface area is 71.1 Å². The summed E-state index contributed by atoms with van der Waals surface area (Å²) in [5.74, 6) is 0. The van der Waals surface area contributed by atoms with Gasteiger partial charge in [-0.25, -0.2) is 3.11 Å². The van der Waals surface area contributed by atoms with E-state index in [4.69, 9.17) is 0 Å². The molecule has 0 aromatic heterocycles. The van der Waals surface area contributed by atoms with Crippen LogP contribution in [0.25, 0.3) is 0 Å². The van der Waals surface area contributed by atoms with Gasteiger partial charge in [0.1, 0.15) is 6.04 Å². The molecule has 0 spiro atoms. The smallest absolute Gasteiger partial charge is 0.235 e. The molecule has 0 N–H and O–H groups in total. The predicted octanol–water partition coefficient (Wildman–Crippen LogP) is 2.36. The van der Waals surface area contributed by atoms with Gasteiger partial charge in [0.2, 0.25) is 0 Å². The molecule has 10 heavy (non-hydrogen) atoms. The molecule has 60 valence electrons. The molecule has 1 saturated heterocycles. The Bertz CT molecular complexity index is 125. The standard InChI is InChI=1S/C5H7F3IN/c6-5(7,8)4-2-1-3-10(4)9/h4H,1-3H2/t4-/m1/s1. The van der Waals surface area contributed by atoms with E-state index in [1.807, 2.05) is 0 Å². The van der Waals surface area contributed by atoms with Crippen molar-refractivity contribution in [3.63, 3.8) is 0 Å². The van der Waals surface area contributed by atoms with Crippen LogP contribution in [-0.2, 0) is 0 Å². The third kappa shape index (κ3) is 1.75. The average Bonchev–Trinajstić information content (AvgIpc) is 2.11. The lowest BCUT2D eigenvalue weighted by molar-refractivity contribution is -0.161. The molecule has 1 atom stereocenters. The van der Waals surface area contributed by atoms with Crippen LogP contribution in [0.15, 0.2) is 0 Å². The number of alkyl halides is 3. The summed E-state index contributed by atoms with van der Waals surface area (Å²) in [6.07, 6.45) is -3.11. The summed E-state index contributed by atoms with van der Waals surface area (Å²) in [6.45, 7) is 0.560. The second kappa shape index (κ2) is 2.84. The number of rotatable bonds is 0. The largest absolute Gasteiger partial charge is 0.404 e. The van der Waals surface area contributed by atoms with Crippen LogP contribution >= 0.6 is 22.9 Å². The molecule has 1 fully saturated rings. The van der Waals surface area contributed by atoms with Crippen molar-refractivity contribution in [2.45, 2.75) is 25.1 Å². The maximum absolute atomic E-state index is 12.0. The van der Waals surface area contributed by atoms with E-state index in [0.29, 0.717) is 13.0 Å². The number of hydrogen-bond donors (Lipinski definition) is 0. The summed E-state index contributed by atoms with van der Waals surface area (Å²) >= 11 is 1.73. The first kappa shape index (κ1) is 8.58. The molecule has 0 saturated carbocycles. The highest BCUT2D eigenvalue weighted by molar-refractivity contribution is 14.1. The van der Waals surface area contributed by atoms with Crippen LogP contribution < -0.4 is 0 Å². The van der Waals surface area contributed by atoms with E-state index in [9.17, 15) is 13.2 Å². The summed E-state index contributed by atoms with van der Waals surface area (Å²) in [5, 5.41) is 0. The van der Waals surface area contributed by atoms with Crippen molar-refractivity contribution in [3.05, 3.63) is 0 Å². The second-order valence-electron chi connectivity index (χ2n) is 2.32. The van der Waals surface area contributed by atoms with Crippen LogP contribution in [0.1, 0.15) is 12.8 Å². The third-order valence-electron chi connectivity index (χ3n) is 1.57. The normalized spacial score (nSPS) is 29.4. The highest BCUT2D eigenvalue weighted by Crippen LogP contribution is 2.34. The highest BCUT2D eigenvalue weighted by Gasteiger charge is 2.45. The molecule has 0 unspecified atom stereocenters. The molecule has 0 amide bonds. The molecule has 0 aromatic rings. The molecule has 5 heteroatoms. The van der Waals surface area contributed by atoms with Gasteiger partial charge in [-0.15, -0.1) is 0 Å². The van der Waals surface area contributed by atoms with Crippen molar-refractivity contribution in [2.24, 2.45) is 0 Å². The van der Waals surface area contributed by atoms with Crippen molar-refractivity contribution in [1.29, 1.82) is 0 Å². The lowest BCUT2D eigenvalue weighted by atomic mass is 10.2. The first-order chi connectivity index (χ1) is 4.52. The Morgan fingerprint density at radius 1 is 1.40 bits per heavy atom. The van der Waals surface area contributed by atoms with Crippen molar-refractivity contribution in [1.82, 2.24) is 3.11 Å². The zero-order valence-electron chi connectivity index (χ0n) is 5.16. The van der Waals surface area contributed by atoms with Crippen LogP contribution in [0.5, 0.6) is 0 Å². The lowest BCUT2D eigenvalue weighted by Crippen LogP contribution is -2.35. The number of hydrogen-bond acceptors (Lipinski definition) is 1. The Kier molecular flexibility index (Phi) is 2.44. The monoisotopic (exact) mass is 265 g/mol. The maximum atomic E-state index is 12.0. The lowest BCUT2D eigenvalue weighted by Gasteiger charge is -2.19. The van der Waals surface area contributed by atoms with E-state index >= 15 is 0 Å². The van der Waals surface area contributed by atoms with Gasteiger partial charge in [0.05, 0.1) is 0 Å². The molecule has 0 radical (unpaired) electrons. The summed E-state index contributed by atoms with van der Waals surface area (Å²) in [4.78, 5) is 0. The van der Waals surface area contributed by atoms with E-state index in [0.717, 1.165) is 0 Å². The zero-order valence-corrected chi connectivity index (χ0v) is 7.32. The summed E-state index contributed by atoms with van der Waals surface area (Å²) < 4.78 is 37.2. The molecule has 1 nitrogen and oxygen atoms in total. The summed E-state index contributed by atoms with van der Waals surface area (Å²) in [7, 11) is 0. The van der Waals surface area contributed by atoms with Crippen molar-refractivity contribution in [3.8, 4) is 0 Å². The minimum Gasteiger partial charge on any atom is -0.235 e. The van der Waals surface area contributed by atoms with Crippen LogP contribution in [0.4, 0.5) is 13.2 Å². The van der Waals surface area contributed by atoms with Crippen LogP contribution in [0.3, 0.4) is 0 Å². The minimum absolute atomic E-state index is 0.256. The molecule has 1 aliphatic heterocycles. The highest BCUT2D eigenvalue weighted by atomic mass is 127. The van der Waals surface area contributed by atoms with Gasteiger partial charge in [0, 0.05) is 29.4 Å². The molecule has 0 bridgehead atoms. The molecule has 0 aliphatic carbocycles. The molecule has 1 rings (SSSR count). The number of halogens is 4. The molecular weight excluding hydrogens is 258 g/mol. The Hall–Kier alpha value is 0.480. The Morgan fingerprint density at radius 2 is 2.00 bits per heavy atom. The first-order valence-electron chi connectivity index (χ1n) is 3.01. The maximum Gasteiger partial charge on any atom is 0.404 e. The number of nitrogens with zero attached hydrogens (tertiary/aromatic N) is 1. The fourth-order valence-electron chi connectivity index (χ4n) is 1.05. The quantitative estimate of drug-likeness (QED) is 0.480.